The molecule has 0 aliphatic heterocycles. The fourth-order valence-electron chi connectivity index (χ4n) is 2.79. The molecule has 0 spiro atoms. The summed E-state index contributed by atoms with van der Waals surface area (Å²) in [6.07, 6.45) is -1.96. The lowest BCUT2D eigenvalue weighted by molar-refractivity contribution is -0.137. The zero-order valence-corrected chi connectivity index (χ0v) is 18.0. The molecule has 1 amide bonds. The van der Waals surface area contributed by atoms with Gasteiger partial charge in [-0.05, 0) is 42.0 Å². The average molecular weight is 456 g/mol. The molecule has 0 aliphatic carbocycles. The van der Waals surface area contributed by atoms with Crippen molar-refractivity contribution in [3.05, 3.63) is 59.7 Å². The number of amides is 1. The van der Waals surface area contributed by atoms with Crippen molar-refractivity contribution in [2.24, 2.45) is 0 Å². The van der Waals surface area contributed by atoms with Crippen LogP contribution in [-0.4, -0.2) is 38.8 Å². The highest BCUT2D eigenvalue weighted by Gasteiger charge is 2.29. The molecule has 0 fully saturated rings. The van der Waals surface area contributed by atoms with E-state index in [1.165, 1.54) is 47.8 Å². The van der Waals surface area contributed by atoms with Crippen LogP contribution in [0.4, 0.5) is 18.9 Å². The Kier molecular flexibility index (Phi) is 7.85. The van der Waals surface area contributed by atoms with Crippen molar-refractivity contribution in [1.82, 2.24) is 4.31 Å². The number of halogens is 3. The zero-order valence-electron chi connectivity index (χ0n) is 17.2. The Balaban J connectivity index is 2.23. The molecule has 0 bridgehead atoms. The minimum absolute atomic E-state index is 0.000908. The van der Waals surface area contributed by atoms with Gasteiger partial charge >= 0.3 is 6.18 Å². The first-order valence-corrected chi connectivity index (χ1v) is 10.8. The molecule has 6 nitrogen and oxygen atoms in total. The lowest BCUT2D eigenvalue weighted by Crippen LogP contribution is -2.30. The molecular weight excluding hydrogens is 433 g/mol. The highest BCUT2D eigenvalue weighted by molar-refractivity contribution is 7.89. The SMILES string of the molecule is CCN(CC)S(=O)(=O)c1ccc(OC)c(NC(=O)/C=C/c2ccc(C(F)(F)F)cc2)c1. The molecule has 0 aliphatic rings. The van der Waals surface area contributed by atoms with Crippen LogP contribution in [0.25, 0.3) is 6.08 Å². The van der Waals surface area contributed by atoms with Gasteiger partial charge in [0.2, 0.25) is 15.9 Å². The maximum absolute atomic E-state index is 12.7. The molecule has 0 radical (unpaired) electrons. The average Bonchev–Trinajstić information content (AvgIpc) is 2.72. The molecule has 1 N–H and O–H groups in total. The molecular formula is C21H23F3N2O4S. The summed E-state index contributed by atoms with van der Waals surface area (Å²) in [4.78, 5) is 12.3. The van der Waals surface area contributed by atoms with Crippen molar-refractivity contribution < 1.29 is 31.1 Å². The Morgan fingerprint density at radius 1 is 1.10 bits per heavy atom. The molecule has 168 valence electrons. The van der Waals surface area contributed by atoms with E-state index in [-0.39, 0.29) is 16.3 Å². The van der Waals surface area contributed by atoms with E-state index < -0.39 is 27.7 Å². The van der Waals surface area contributed by atoms with E-state index in [0.717, 1.165) is 18.2 Å². The Bertz CT molecular complexity index is 1050. The number of methoxy groups -OCH3 is 1. The van der Waals surface area contributed by atoms with Gasteiger partial charge in [0, 0.05) is 19.2 Å². The van der Waals surface area contributed by atoms with Crippen molar-refractivity contribution in [2.45, 2.75) is 24.9 Å². The van der Waals surface area contributed by atoms with Crippen molar-refractivity contribution in [1.29, 1.82) is 0 Å². The Morgan fingerprint density at radius 2 is 1.71 bits per heavy atom. The summed E-state index contributed by atoms with van der Waals surface area (Å²) in [5.41, 5.74) is -0.240. The van der Waals surface area contributed by atoms with Crippen LogP contribution in [0.1, 0.15) is 25.0 Å². The van der Waals surface area contributed by atoms with Crippen LogP contribution in [-0.2, 0) is 21.0 Å². The van der Waals surface area contributed by atoms with Gasteiger partial charge in [-0.25, -0.2) is 8.42 Å². The van der Waals surface area contributed by atoms with Crippen LogP contribution >= 0.6 is 0 Å². The number of ether oxygens (including phenoxy) is 1. The summed E-state index contributed by atoms with van der Waals surface area (Å²) < 4.78 is 69.8. The number of nitrogens with one attached hydrogen (secondary N) is 1. The highest BCUT2D eigenvalue weighted by Crippen LogP contribution is 2.30. The first kappa shape index (κ1) is 24.4. The number of anilines is 1. The second-order valence-electron chi connectivity index (χ2n) is 6.39. The molecule has 0 saturated heterocycles. The van der Waals surface area contributed by atoms with Crippen molar-refractivity contribution in [3.63, 3.8) is 0 Å². The first-order valence-electron chi connectivity index (χ1n) is 9.37. The van der Waals surface area contributed by atoms with E-state index in [1.807, 2.05) is 0 Å². The van der Waals surface area contributed by atoms with Crippen LogP contribution in [0.2, 0.25) is 0 Å². The Labute approximate surface area is 179 Å². The lowest BCUT2D eigenvalue weighted by Gasteiger charge is -2.19. The Hall–Kier alpha value is -2.85. The molecule has 10 heteroatoms. The molecule has 0 heterocycles. The second-order valence-corrected chi connectivity index (χ2v) is 8.33. The van der Waals surface area contributed by atoms with E-state index in [4.69, 9.17) is 4.74 Å². The summed E-state index contributed by atoms with van der Waals surface area (Å²) in [7, 11) is -2.36. The molecule has 0 aromatic heterocycles. The topological polar surface area (TPSA) is 75.7 Å². The number of carbonyl (C=O) groups excluding carboxylic acids is 1. The summed E-state index contributed by atoms with van der Waals surface area (Å²) in [5.74, 6) is -0.342. The summed E-state index contributed by atoms with van der Waals surface area (Å²) in [5, 5.41) is 2.54. The van der Waals surface area contributed by atoms with Crippen molar-refractivity contribution >= 4 is 27.7 Å². The van der Waals surface area contributed by atoms with Crippen LogP contribution in [0, 0.1) is 0 Å². The summed E-state index contributed by atoms with van der Waals surface area (Å²) >= 11 is 0. The van der Waals surface area contributed by atoms with Gasteiger partial charge in [-0.15, -0.1) is 0 Å². The van der Waals surface area contributed by atoms with Gasteiger partial charge in [-0.2, -0.15) is 17.5 Å². The number of rotatable bonds is 8. The molecule has 2 aromatic carbocycles. The van der Waals surface area contributed by atoms with E-state index in [0.29, 0.717) is 18.7 Å². The monoisotopic (exact) mass is 456 g/mol. The van der Waals surface area contributed by atoms with E-state index in [2.05, 4.69) is 5.32 Å². The predicted molar refractivity (Wildman–Crippen MR) is 112 cm³/mol. The smallest absolute Gasteiger partial charge is 0.416 e. The largest absolute Gasteiger partial charge is 0.495 e. The molecule has 0 atom stereocenters. The number of hydrogen-bond donors (Lipinski definition) is 1. The standard InChI is InChI=1S/C21H23F3N2O4S/c1-4-26(5-2)31(28,29)17-11-12-19(30-3)18(14-17)25-20(27)13-8-15-6-9-16(10-7-15)21(22,23)24/h6-14H,4-5H2,1-3H3,(H,25,27)/b13-8+. The van der Waals surface area contributed by atoms with Gasteiger partial charge in [0.15, 0.2) is 0 Å². The Morgan fingerprint density at radius 3 is 2.23 bits per heavy atom. The van der Waals surface area contributed by atoms with Gasteiger partial charge in [0.05, 0.1) is 23.3 Å². The van der Waals surface area contributed by atoms with Crippen molar-refractivity contribution in [3.8, 4) is 5.75 Å². The third-order valence-electron chi connectivity index (χ3n) is 4.44. The maximum Gasteiger partial charge on any atom is 0.416 e. The fourth-order valence-corrected chi connectivity index (χ4v) is 4.27. The molecule has 0 saturated carbocycles. The highest BCUT2D eigenvalue weighted by atomic mass is 32.2. The lowest BCUT2D eigenvalue weighted by atomic mass is 10.1. The summed E-state index contributed by atoms with van der Waals surface area (Å²) in [6.45, 7) is 4.03. The molecule has 2 aromatic rings. The zero-order chi connectivity index (χ0) is 23.2. The maximum atomic E-state index is 12.7. The fraction of sp³-hybridized carbons (Fsp3) is 0.286. The second kappa shape index (κ2) is 9.97. The minimum atomic E-state index is -4.44. The molecule has 31 heavy (non-hydrogen) atoms. The van der Waals surface area contributed by atoms with Gasteiger partial charge in [0.1, 0.15) is 5.75 Å². The van der Waals surface area contributed by atoms with Crippen LogP contribution in [0.15, 0.2) is 53.4 Å². The third-order valence-corrected chi connectivity index (χ3v) is 6.48. The minimum Gasteiger partial charge on any atom is -0.495 e. The number of carbonyl (C=O) groups is 1. The number of benzene rings is 2. The van der Waals surface area contributed by atoms with Crippen LogP contribution in [0.5, 0.6) is 5.75 Å². The normalized spacial score (nSPS) is 12.4. The summed E-state index contributed by atoms with van der Waals surface area (Å²) in [6, 6.07) is 8.45. The van der Waals surface area contributed by atoms with Gasteiger partial charge < -0.3 is 10.1 Å². The van der Waals surface area contributed by atoms with Crippen LogP contribution < -0.4 is 10.1 Å². The van der Waals surface area contributed by atoms with Crippen molar-refractivity contribution in [2.75, 3.05) is 25.5 Å². The molecule has 0 unspecified atom stereocenters. The van der Waals surface area contributed by atoms with Crippen LogP contribution in [0.3, 0.4) is 0 Å². The number of sulfonamides is 1. The van der Waals surface area contributed by atoms with Gasteiger partial charge in [0.25, 0.3) is 0 Å². The number of alkyl halides is 3. The van der Waals surface area contributed by atoms with E-state index in [9.17, 15) is 26.4 Å². The van der Waals surface area contributed by atoms with Gasteiger partial charge in [-0.1, -0.05) is 26.0 Å². The number of nitrogens with zero attached hydrogens (tertiary/aromatic N) is 1. The quantitative estimate of drug-likeness (QED) is 0.598. The number of hydrogen-bond acceptors (Lipinski definition) is 4. The molecule has 2 rings (SSSR count). The third kappa shape index (κ3) is 6.08. The predicted octanol–water partition coefficient (Wildman–Crippen LogP) is 4.40. The van der Waals surface area contributed by atoms with Gasteiger partial charge in [-0.3, -0.25) is 4.79 Å². The van der Waals surface area contributed by atoms with E-state index in [1.54, 1.807) is 13.8 Å². The first-order chi connectivity index (χ1) is 14.5. The van der Waals surface area contributed by atoms with E-state index >= 15 is 0 Å².